The number of rotatable bonds is 3. The van der Waals surface area contributed by atoms with E-state index in [1.54, 1.807) is 0 Å². The highest BCUT2D eigenvalue weighted by Crippen LogP contribution is 2.09. The molecule has 1 heterocycles. The second-order valence-electron chi connectivity index (χ2n) is 3.38. The van der Waals surface area contributed by atoms with Gasteiger partial charge >= 0.3 is 0 Å². The minimum atomic E-state index is -0.0157. The number of nitrogens with one attached hydrogen (secondary N) is 1. The Morgan fingerprint density at radius 2 is 2.20 bits per heavy atom. The molecule has 76 valence electrons. The van der Waals surface area contributed by atoms with E-state index in [9.17, 15) is 4.79 Å². The Hall–Kier alpha value is -1.97. The molecule has 4 nitrogen and oxygen atoms in total. The van der Waals surface area contributed by atoms with Gasteiger partial charge in [0.25, 0.3) is 0 Å². The normalized spacial score (nSPS) is 10.2. The van der Waals surface area contributed by atoms with Gasteiger partial charge in [-0.15, -0.1) is 0 Å². The Bertz CT molecular complexity index is 462. The molecule has 0 aliphatic heterocycles. The molecular weight excluding hydrogens is 190 g/mol. The van der Waals surface area contributed by atoms with Crippen molar-refractivity contribution >= 4 is 5.78 Å². The second kappa shape index (κ2) is 4.04. The summed E-state index contributed by atoms with van der Waals surface area (Å²) in [6.07, 6.45) is 1.82. The molecule has 0 aliphatic carbocycles. The molecule has 0 unspecified atom stereocenters. The van der Waals surface area contributed by atoms with Gasteiger partial charge in [0.05, 0.1) is 6.20 Å². The van der Waals surface area contributed by atoms with Crippen molar-refractivity contribution in [3.63, 3.8) is 0 Å². The summed E-state index contributed by atoms with van der Waals surface area (Å²) in [6, 6.07) is 7.83. The average molecular weight is 201 g/mol. The summed E-state index contributed by atoms with van der Waals surface area (Å²) in [5.74, 6) is -0.0157. The zero-order valence-corrected chi connectivity index (χ0v) is 8.40. The van der Waals surface area contributed by atoms with Gasteiger partial charge in [-0.2, -0.15) is 15.4 Å². The van der Waals surface area contributed by atoms with Gasteiger partial charge in [-0.3, -0.25) is 4.79 Å². The number of H-pyrrole nitrogens is 1. The van der Waals surface area contributed by atoms with Crippen molar-refractivity contribution in [2.24, 2.45) is 0 Å². The van der Waals surface area contributed by atoms with Crippen molar-refractivity contribution < 1.29 is 4.79 Å². The van der Waals surface area contributed by atoms with E-state index in [2.05, 4.69) is 15.4 Å². The van der Waals surface area contributed by atoms with E-state index in [0.717, 1.165) is 11.1 Å². The van der Waals surface area contributed by atoms with Gasteiger partial charge in [0, 0.05) is 6.42 Å². The predicted molar refractivity (Wildman–Crippen MR) is 55.6 cm³/mol. The molecule has 0 spiro atoms. The maximum absolute atomic E-state index is 11.7. The number of ketones is 1. The number of aryl methyl sites for hydroxylation is 1. The molecule has 0 saturated heterocycles. The third kappa shape index (κ3) is 2.10. The van der Waals surface area contributed by atoms with E-state index in [0.29, 0.717) is 12.1 Å². The first kappa shape index (κ1) is 9.58. The number of carbonyl (C=O) groups is 1. The molecule has 0 bridgehead atoms. The van der Waals surface area contributed by atoms with Crippen LogP contribution in [0, 0.1) is 6.92 Å². The Morgan fingerprint density at radius 3 is 2.87 bits per heavy atom. The molecule has 4 heteroatoms. The van der Waals surface area contributed by atoms with Gasteiger partial charge in [-0.1, -0.05) is 24.3 Å². The summed E-state index contributed by atoms with van der Waals surface area (Å²) >= 11 is 0. The van der Waals surface area contributed by atoms with Crippen LogP contribution in [0.1, 0.15) is 21.6 Å². The van der Waals surface area contributed by atoms with Crippen LogP contribution in [0.5, 0.6) is 0 Å². The predicted octanol–water partition coefficient (Wildman–Crippen LogP) is 1.54. The molecule has 0 radical (unpaired) electrons. The van der Waals surface area contributed by atoms with Crippen molar-refractivity contribution in [3.05, 3.63) is 47.3 Å². The lowest BCUT2D eigenvalue weighted by molar-refractivity contribution is 0.0988. The molecule has 1 N–H and O–H groups in total. The number of hydrogen-bond acceptors (Lipinski definition) is 3. The first-order valence-corrected chi connectivity index (χ1v) is 4.71. The SMILES string of the molecule is Cc1ccccc1CC(=O)c1cn[nH]n1. The lowest BCUT2D eigenvalue weighted by Crippen LogP contribution is -2.05. The van der Waals surface area contributed by atoms with Crippen molar-refractivity contribution in [1.29, 1.82) is 0 Å². The Kier molecular flexibility index (Phi) is 2.58. The number of benzene rings is 1. The average Bonchev–Trinajstić information content (AvgIpc) is 2.74. The van der Waals surface area contributed by atoms with E-state index < -0.39 is 0 Å². The van der Waals surface area contributed by atoms with Crippen LogP contribution in [-0.4, -0.2) is 21.2 Å². The summed E-state index contributed by atoms with van der Waals surface area (Å²) in [5, 5.41) is 9.80. The molecule has 2 rings (SSSR count). The monoisotopic (exact) mass is 201 g/mol. The van der Waals surface area contributed by atoms with E-state index in [1.807, 2.05) is 31.2 Å². The van der Waals surface area contributed by atoms with Gasteiger partial charge in [0.1, 0.15) is 5.69 Å². The number of aromatic nitrogens is 3. The quantitative estimate of drug-likeness (QED) is 0.766. The van der Waals surface area contributed by atoms with Crippen LogP contribution < -0.4 is 0 Å². The van der Waals surface area contributed by atoms with Crippen LogP contribution in [0.25, 0.3) is 0 Å². The maximum atomic E-state index is 11.7. The summed E-state index contributed by atoms with van der Waals surface area (Å²) in [4.78, 5) is 11.7. The number of aromatic amines is 1. The first-order chi connectivity index (χ1) is 7.27. The third-order valence-electron chi connectivity index (χ3n) is 2.31. The van der Waals surface area contributed by atoms with E-state index in [4.69, 9.17) is 0 Å². The Morgan fingerprint density at radius 1 is 1.40 bits per heavy atom. The highest BCUT2D eigenvalue weighted by atomic mass is 16.1. The Balaban J connectivity index is 2.17. The van der Waals surface area contributed by atoms with Crippen LogP contribution in [0.15, 0.2) is 30.5 Å². The highest BCUT2D eigenvalue weighted by molar-refractivity contribution is 5.95. The molecule has 0 atom stereocenters. The third-order valence-corrected chi connectivity index (χ3v) is 2.31. The van der Waals surface area contributed by atoms with E-state index in [1.165, 1.54) is 6.20 Å². The smallest absolute Gasteiger partial charge is 0.189 e. The summed E-state index contributed by atoms with van der Waals surface area (Å²) < 4.78 is 0. The molecular formula is C11H11N3O. The molecule has 0 fully saturated rings. The van der Waals surface area contributed by atoms with Gasteiger partial charge in [0.15, 0.2) is 5.78 Å². The minimum Gasteiger partial charge on any atom is -0.292 e. The first-order valence-electron chi connectivity index (χ1n) is 4.71. The van der Waals surface area contributed by atoms with E-state index in [-0.39, 0.29) is 5.78 Å². The van der Waals surface area contributed by atoms with Crippen LogP contribution in [0.4, 0.5) is 0 Å². The van der Waals surface area contributed by atoms with Crippen LogP contribution in [0.2, 0.25) is 0 Å². The van der Waals surface area contributed by atoms with Crippen molar-refractivity contribution in [2.45, 2.75) is 13.3 Å². The number of nitrogens with zero attached hydrogens (tertiary/aromatic N) is 2. The molecule has 0 saturated carbocycles. The van der Waals surface area contributed by atoms with Crippen LogP contribution >= 0.6 is 0 Å². The molecule has 15 heavy (non-hydrogen) atoms. The fraction of sp³-hybridized carbons (Fsp3) is 0.182. The van der Waals surface area contributed by atoms with Gasteiger partial charge in [-0.05, 0) is 18.1 Å². The van der Waals surface area contributed by atoms with Crippen molar-refractivity contribution in [3.8, 4) is 0 Å². The zero-order valence-electron chi connectivity index (χ0n) is 8.40. The summed E-state index contributed by atoms with van der Waals surface area (Å²) in [5.41, 5.74) is 2.54. The molecule has 0 aliphatic rings. The lowest BCUT2D eigenvalue weighted by atomic mass is 10.0. The molecule has 0 amide bonds. The second-order valence-corrected chi connectivity index (χ2v) is 3.38. The molecule has 2 aromatic rings. The zero-order chi connectivity index (χ0) is 10.7. The number of carbonyl (C=O) groups excluding carboxylic acids is 1. The summed E-state index contributed by atoms with van der Waals surface area (Å²) in [7, 11) is 0. The fourth-order valence-electron chi connectivity index (χ4n) is 1.41. The van der Waals surface area contributed by atoms with E-state index >= 15 is 0 Å². The minimum absolute atomic E-state index is 0.0157. The van der Waals surface area contributed by atoms with Gasteiger partial charge in [-0.25, -0.2) is 0 Å². The maximum Gasteiger partial charge on any atom is 0.189 e. The lowest BCUT2D eigenvalue weighted by Gasteiger charge is -2.02. The van der Waals surface area contributed by atoms with Gasteiger partial charge < -0.3 is 0 Å². The number of Topliss-reactive ketones (excluding diaryl/α,β-unsaturated/α-hetero) is 1. The van der Waals surface area contributed by atoms with Crippen molar-refractivity contribution in [1.82, 2.24) is 15.4 Å². The topological polar surface area (TPSA) is 58.6 Å². The number of hydrogen-bond donors (Lipinski definition) is 1. The van der Waals surface area contributed by atoms with Gasteiger partial charge in [0.2, 0.25) is 0 Å². The fourth-order valence-corrected chi connectivity index (χ4v) is 1.41. The standard InChI is InChI=1S/C11H11N3O/c1-8-4-2-3-5-9(8)6-11(15)10-7-12-14-13-10/h2-5,7H,6H2,1H3,(H,12,13,14). The van der Waals surface area contributed by atoms with Crippen molar-refractivity contribution in [2.75, 3.05) is 0 Å². The molecule has 1 aromatic carbocycles. The van der Waals surface area contributed by atoms with Crippen LogP contribution in [-0.2, 0) is 6.42 Å². The summed E-state index contributed by atoms with van der Waals surface area (Å²) in [6.45, 7) is 1.99. The largest absolute Gasteiger partial charge is 0.292 e. The highest BCUT2D eigenvalue weighted by Gasteiger charge is 2.10. The Labute approximate surface area is 87.3 Å². The molecule has 1 aromatic heterocycles. The van der Waals surface area contributed by atoms with Crippen LogP contribution in [0.3, 0.4) is 0 Å².